The summed E-state index contributed by atoms with van der Waals surface area (Å²) in [6.07, 6.45) is 6.68. The van der Waals surface area contributed by atoms with Gasteiger partial charge in [0.05, 0.1) is 6.54 Å². The first-order valence-electron chi connectivity index (χ1n) is 8.60. The average Bonchev–Trinajstić information content (AvgIpc) is 3.00. The van der Waals surface area contributed by atoms with E-state index in [9.17, 15) is 0 Å². The van der Waals surface area contributed by atoms with Crippen molar-refractivity contribution in [3.63, 3.8) is 0 Å². The molecule has 0 saturated carbocycles. The molecule has 2 heterocycles. The lowest BCUT2D eigenvalue weighted by molar-refractivity contribution is 0.213. The third-order valence-corrected chi connectivity index (χ3v) is 5.88. The Labute approximate surface area is 157 Å². The number of nitrogens with zero attached hydrogens (tertiary/aromatic N) is 2. The van der Waals surface area contributed by atoms with Crippen LogP contribution in [0, 0.1) is 5.92 Å². The fourth-order valence-electron chi connectivity index (χ4n) is 3.07. The number of thioether (sulfide) groups is 1. The standard InChI is InChI=1S/C16H32N4S.HI/c1-3-17-16(19-13-15-5-4-12-21-15)18-9-6-14-7-10-20(2)11-8-14;/h14-15H,3-13H2,1-2H3,(H2,17,18,19);1H. The Kier molecular flexibility index (Phi) is 10.9. The smallest absolute Gasteiger partial charge is 0.191 e. The number of aliphatic imine (C=N–C) groups is 1. The number of halogens is 1. The summed E-state index contributed by atoms with van der Waals surface area (Å²) < 4.78 is 0. The van der Waals surface area contributed by atoms with Gasteiger partial charge in [0.2, 0.25) is 0 Å². The van der Waals surface area contributed by atoms with Crippen LogP contribution in [-0.2, 0) is 0 Å². The Morgan fingerprint density at radius 3 is 2.64 bits per heavy atom. The molecule has 0 aromatic carbocycles. The minimum atomic E-state index is 0. The summed E-state index contributed by atoms with van der Waals surface area (Å²) in [5, 5.41) is 7.64. The molecule has 2 N–H and O–H groups in total. The molecule has 2 fully saturated rings. The van der Waals surface area contributed by atoms with Gasteiger partial charge in [-0.2, -0.15) is 11.8 Å². The number of hydrogen-bond acceptors (Lipinski definition) is 3. The van der Waals surface area contributed by atoms with E-state index in [4.69, 9.17) is 4.99 Å². The van der Waals surface area contributed by atoms with Gasteiger partial charge in [0.25, 0.3) is 0 Å². The molecule has 0 aromatic heterocycles. The molecular weight excluding hydrogens is 407 g/mol. The molecule has 22 heavy (non-hydrogen) atoms. The zero-order chi connectivity index (χ0) is 14.9. The van der Waals surface area contributed by atoms with Crippen LogP contribution >= 0.6 is 35.7 Å². The van der Waals surface area contributed by atoms with Gasteiger partial charge in [-0.25, -0.2) is 0 Å². The second kappa shape index (κ2) is 11.8. The molecule has 1 atom stereocenters. The SMILES string of the molecule is CCNC(=NCC1CCCS1)NCCC1CCN(C)CC1.I. The Morgan fingerprint density at radius 2 is 2.00 bits per heavy atom. The minimum Gasteiger partial charge on any atom is -0.357 e. The van der Waals surface area contributed by atoms with E-state index in [1.807, 2.05) is 0 Å². The predicted molar refractivity (Wildman–Crippen MR) is 110 cm³/mol. The number of guanidine groups is 1. The molecule has 1 unspecified atom stereocenters. The first-order chi connectivity index (χ1) is 10.3. The van der Waals surface area contributed by atoms with Crippen molar-refractivity contribution in [3.05, 3.63) is 0 Å². The Hall–Kier alpha value is 0.310. The quantitative estimate of drug-likeness (QED) is 0.379. The fraction of sp³-hybridized carbons (Fsp3) is 0.938. The van der Waals surface area contributed by atoms with E-state index >= 15 is 0 Å². The molecule has 0 radical (unpaired) electrons. The van der Waals surface area contributed by atoms with Crippen LogP contribution < -0.4 is 10.6 Å². The van der Waals surface area contributed by atoms with Gasteiger partial charge in [0.15, 0.2) is 5.96 Å². The van der Waals surface area contributed by atoms with Crippen molar-refractivity contribution >= 4 is 41.7 Å². The van der Waals surface area contributed by atoms with Crippen LogP contribution in [0.2, 0.25) is 0 Å². The maximum Gasteiger partial charge on any atom is 0.191 e. The fourth-order valence-corrected chi connectivity index (χ4v) is 4.25. The first-order valence-corrected chi connectivity index (χ1v) is 9.65. The predicted octanol–water partition coefficient (Wildman–Crippen LogP) is 2.79. The molecule has 0 spiro atoms. The lowest BCUT2D eigenvalue weighted by Gasteiger charge is -2.29. The highest BCUT2D eigenvalue weighted by molar-refractivity contribution is 14.0. The molecule has 0 aliphatic carbocycles. The van der Waals surface area contributed by atoms with Gasteiger partial charge in [-0.15, -0.1) is 24.0 Å². The highest BCUT2D eigenvalue weighted by Gasteiger charge is 2.17. The summed E-state index contributed by atoms with van der Waals surface area (Å²) in [5.41, 5.74) is 0. The third-order valence-electron chi connectivity index (χ3n) is 4.50. The number of hydrogen-bond donors (Lipinski definition) is 2. The van der Waals surface area contributed by atoms with Crippen molar-refractivity contribution < 1.29 is 0 Å². The van der Waals surface area contributed by atoms with E-state index in [2.05, 4.69) is 41.3 Å². The minimum absolute atomic E-state index is 0. The molecule has 6 heteroatoms. The number of piperidine rings is 1. The highest BCUT2D eigenvalue weighted by atomic mass is 127. The van der Waals surface area contributed by atoms with E-state index in [0.29, 0.717) is 0 Å². The molecule has 2 aliphatic heterocycles. The summed E-state index contributed by atoms with van der Waals surface area (Å²) in [6.45, 7) is 7.62. The highest BCUT2D eigenvalue weighted by Crippen LogP contribution is 2.26. The van der Waals surface area contributed by atoms with Crippen molar-refractivity contribution in [2.75, 3.05) is 45.5 Å². The van der Waals surface area contributed by atoms with Gasteiger partial charge in [-0.3, -0.25) is 4.99 Å². The monoisotopic (exact) mass is 440 g/mol. The third kappa shape index (κ3) is 7.73. The number of rotatable bonds is 6. The van der Waals surface area contributed by atoms with Gasteiger partial charge >= 0.3 is 0 Å². The lowest BCUT2D eigenvalue weighted by atomic mass is 9.94. The average molecular weight is 440 g/mol. The topological polar surface area (TPSA) is 39.7 Å². The molecule has 4 nitrogen and oxygen atoms in total. The lowest BCUT2D eigenvalue weighted by Crippen LogP contribution is -2.39. The zero-order valence-electron chi connectivity index (χ0n) is 14.1. The molecule has 130 valence electrons. The van der Waals surface area contributed by atoms with Gasteiger partial charge in [0, 0.05) is 18.3 Å². The maximum absolute atomic E-state index is 4.76. The summed E-state index contributed by atoms with van der Waals surface area (Å²) in [7, 11) is 2.23. The van der Waals surface area contributed by atoms with Gasteiger partial charge in [-0.1, -0.05) is 0 Å². The number of nitrogens with one attached hydrogen (secondary N) is 2. The van der Waals surface area contributed by atoms with Crippen molar-refractivity contribution in [3.8, 4) is 0 Å². The van der Waals surface area contributed by atoms with E-state index in [0.717, 1.165) is 36.8 Å². The van der Waals surface area contributed by atoms with Crippen LogP contribution in [0.3, 0.4) is 0 Å². The number of likely N-dealkylation sites (tertiary alicyclic amines) is 1. The van der Waals surface area contributed by atoms with Gasteiger partial charge < -0.3 is 15.5 Å². The molecule has 2 rings (SSSR count). The molecule has 2 aliphatic rings. The van der Waals surface area contributed by atoms with E-state index < -0.39 is 0 Å². The van der Waals surface area contributed by atoms with Crippen LogP contribution in [-0.4, -0.2) is 61.6 Å². The Balaban J connectivity index is 0.00000242. The van der Waals surface area contributed by atoms with E-state index in [-0.39, 0.29) is 24.0 Å². The van der Waals surface area contributed by atoms with E-state index in [1.165, 1.54) is 50.9 Å². The van der Waals surface area contributed by atoms with Crippen LogP contribution in [0.15, 0.2) is 4.99 Å². The molecular formula is C16H33IN4S. The Morgan fingerprint density at radius 1 is 1.23 bits per heavy atom. The summed E-state index contributed by atoms with van der Waals surface area (Å²) >= 11 is 2.08. The largest absolute Gasteiger partial charge is 0.357 e. The van der Waals surface area contributed by atoms with Gasteiger partial charge in [0.1, 0.15) is 0 Å². The first kappa shape index (κ1) is 20.4. The summed E-state index contributed by atoms with van der Waals surface area (Å²) in [5.74, 6) is 3.22. The van der Waals surface area contributed by atoms with Crippen molar-refractivity contribution in [2.45, 2.75) is 44.3 Å². The van der Waals surface area contributed by atoms with Crippen LogP contribution in [0.5, 0.6) is 0 Å². The van der Waals surface area contributed by atoms with Crippen LogP contribution in [0.4, 0.5) is 0 Å². The van der Waals surface area contributed by atoms with Crippen LogP contribution in [0.25, 0.3) is 0 Å². The second-order valence-corrected chi connectivity index (χ2v) is 7.73. The molecule has 0 amide bonds. The molecule has 0 bridgehead atoms. The molecule has 0 aromatic rings. The Bertz CT molecular complexity index is 313. The maximum atomic E-state index is 4.76. The van der Waals surface area contributed by atoms with E-state index in [1.54, 1.807) is 0 Å². The zero-order valence-corrected chi connectivity index (χ0v) is 17.3. The summed E-state index contributed by atoms with van der Waals surface area (Å²) in [6, 6.07) is 0. The van der Waals surface area contributed by atoms with Crippen molar-refractivity contribution in [2.24, 2.45) is 10.9 Å². The molecule has 2 saturated heterocycles. The summed E-state index contributed by atoms with van der Waals surface area (Å²) in [4.78, 5) is 7.19. The second-order valence-electron chi connectivity index (χ2n) is 6.32. The van der Waals surface area contributed by atoms with Crippen molar-refractivity contribution in [1.82, 2.24) is 15.5 Å². The van der Waals surface area contributed by atoms with Crippen LogP contribution in [0.1, 0.15) is 39.0 Å². The van der Waals surface area contributed by atoms with Gasteiger partial charge in [-0.05, 0) is 70.8 Å². The normalized spacial score (nSPS) is 24.1. The van der Waals surface area contributed by atoms with Crippen molar-refractivity contribution in [1.29, 1.82) is 0 Å².